The maximum Gasteiger partial charge on any atom is 0.320 e. The highest BCUT2D eigenvalue weighted by Gasteiger charge is 2.15. The van der Waals surface area contributed by atoms with Crippen molar-refractivity contribution in [1.29, 1.82) is 0 Å². The summed E-state index contributed by atoms with van der Waals surface area (Å²) >= 11 is 0. The molecule has 0 bridgehead atoms. The number of pyridine rings is 1. The van der Waals surface area contributed by atoms with Gasteiger partial charge in [0.15, 0.2) is 5.82 Å². The van der Waals surface area contributed by atoms with Gasteiger partial charge in [0.05, 0.1) is 26.0 Å². The van der Waals surface area contributed by atoms with Gasteiger partial charge in [0.25, 0.3) is 0 Å². The third-order valence-corrected chi connectivity index (χ3v) is 5.35. The molecule has 1 fully saturated rings. The molecule has 4 heterocycles. The fourth-order valence-corrected chi connectivity index (χ4v) is 3.65. The van der Waals surface area contributed by atoms with Crippen LogP contribution in [0.2, 0.25) is 0 Å². The third-order valence-electron chi connectivity index (χ3n) is 5.35. The second-order valence-electron chi connectivity index (χ2n) is 7.57. The smallest absolute Gasteiger partial charge is 0.320 e. The van der Waals surface area contributed by atoms with Crippen LogP contribution in [-0.2, 0) is 11.2 Å². The van der Waals surface area contributed by atoms with Crippen molar-refractivity contribution >= 4 is 28.8 Å². The van der Waals surface area contributed by atoms with Crippen LogP contribution in [0.4, 0.5) is 11.6 Å². The number of ether oxygens (including phenoxy) is 2. The maximum absolute atomic E-state index is 5.87. The molecule has 35 heavy (non-hydrogen) atoms. The van der Waals surface area contributed by atoms with E-state index in [0.29, 0.717) is 38.1 Å². The van der Waals surface area contributed by atoms with Crippen molar-refractivity contribution in [2.24, 2.45) is 5.10 Å². The average Bonchev–Trinajstić information content (AvgIpc) is 3.28. The highest BCUT2D eigenvalue weighted by atomic mass is 35.5. The molecule has 0 spiro atoms. The summed E-state index contributed by atoms with van der Waals surface area (Å²) in [6, 6.07) is 16.1. The van der Waals surface area contributed by atoms with E-state index in [1.165, 1.54) is 0 Å². The number of H-pyrrole nitrogens is 1. The number of halogens is 2. The number of nitrogens with one attached hydrogen (secondary N) is 2. The van der Waals surface area contributed by atoms with E-state index in [4.69, 9.17) is 9.47 Å². The van der Waals surface area contributed by atoms with Gasteiger partial charge in [0, 0.05) is 60.1 Å². The Morgan fingerprint density at radius 3 is 2.74 bits per heavy atom. The monoisotopic (exact) mass is 513 g/mol. The first-order chi connectivity index (χ1) is 16.3. The first-order valence-corrected chi connectivity index (χ1v) is 10.9. The van der Waals surface area contributed by atoms with Gasteiger partial charge in [-0.15, -0.1) is 0 Å². The molecule has 0 unspecified atom stereocenters. The molecular weight excluding hydrogens is 489 g/mol. The van der Waals surface area contributed by atoms with Gasteiger partial charge in [0.2, 0.25) is 0 Å². The standard InChI is InChI=1S/C24H25N7O2.2ClH/c1-2-7-21-20(6-1)18(16-26-21)17-27-30-22-15-23(31-10-13-32-14-11-31)29-24(28-22)33-12-8-19-5-3-4-9-25-19;;/h1-7,9,15-17,26H,8,10-14H2,(H,28,29,30);2*1H/p-2/b27-17+;;. The van der Waals surface area contributed by atoms with Gasteiger partial charge >= 0.3 is 6.01 Å². The number of benzene rings is 1. The molecule has 11 heteroatoms. The Bertz CT molecular complexity index is 1230. The molecule has 0 aliphatic carbocycles. The molecule has 0 amide bonds. The normalized spacial score (nSPS) is 13.3. The van der Waals surface area contributed by atoms with E-state index in [1.54, 1.807) is 12.4 Å². The molecule has 9 nitrogen and oxygen atoms in total. The Balaban J connectivity index is 0.00000171. The van der Waals surface area contributed by atoms with E-state index in [0.717, 1.165) is 41.1 Å². The Hall–Kier alpha value is -3.40. The lowest BCUT2D eigenvalue weighted by Crippen LogP contribution is -3.00. The first kappa shape index (κ1) is 26.2. The van der Waals surface area contributed by atoms with Crippen LogP contribution < -0.4 is 39.9 Å². The van der Waals surface area contributed by atoms with Gasteiger partial charge in [-0.25, -0.2) is 0 Å². The summed E-state index contributed by atoms with van der Waals surface area (Å²) < 4.78 is 11.3. The Morgan fingerprint density at radius 2 is 1.91 bits per heavy atom. The first-order valence-electron chi connectivity index (χ1n) is 10.9. The second kappa shape index (κ2) is 12.9. The number of morpholine rings is 1. The molecular formula is C24H25Cl2N7O2-2. The molecule has 5 rings (SSSR count). The zero-order valence-electron chi connectivity index (χ0n) is 18.9. The predicted molar refractivity (Wildman–Crippen MR) is 128 cm³/mol. The molecule has 1 aliphatic rings. The zero-order valence-corrected chi connectivity index (χ0v) is 20.4. The topological polar surface area (TPSA) is 101 Å². The molecule has 4 aromatic rings. The van der Waals surface area contributed by atoms with Crippen molar-refractivity contribution in [3.05, 3.63) is 72.2 Å². The number of aromatic nitrogens is 4. The van der Waals surface area contributed by atoms with Crippen LogP contribution in [0.15, 0.2) is 66.0 Å². The number of hydrogen-bond donors (Lipinski definition) is 2. The quantitative estimate of drug-likeness (QED) is 0.195. The van der Waals surface area contributed by atoms with E-state index >= 15 is 0 Å². The molecule has 0 radical (unpaired) electrons. The van der Waals surface area contributed by atoms with Crippen molar-refractivity contribution < 1.29 is 34.3 Å². The van der Waals surface area contributed by atoms with Crippen LogP contribution in [0.1, 0.15) is 11.3 Å². The lowest BCUT2D eigenvalue weighted by atomic mass is 10.2. The summed E-state index contributed by atoms with van der Waals surface area (Å²) in [5.41, 5.74) is 6.05. The molecule has 2 N–H and O–H groups in total. The Labute approximate surface area is 215 Å². The zero-order chi connectivity index (χ0) is 22.3. The van der Waals surface area contributed by atoms with Crippen LogP contribution >= 0.6 is 0 Å². The maximum atomic E-state index is 5.87. The number of hydrazone groups is 1. The van der Waals surface area contributed by atoms with E-state index in [1.807, 2.05) is 48.7 Å². The van der Waals surface area contributed by atoms with Crippen molar-refractivity contribution in [2.45, 2.75) is 6.42 Å². The summed E-state index contributed by atoms with van der Waals surface area (Å²) in [7, 11) is 0. The second-order valence-corrected chi connectivity index (χ2v) is 7.57. The number of fused-ring (bicyclic) bond motifs is 1. The van der Waals surface area contributed by atoms with Crippen molar-refractivity contribution in [1.82, 2.24) is 19.9 Å². The largest absolute Gasteiger partial charge is 1.00 e. The number of nitrogens with zero attached hydrogens (tertiary/aromatic N) is 5. The molecule has 0 atom stereocenters. The summed E-state index contributed by atoms with van der Waals surface area (Å²) in [5, 5.41) is 5.50. The minimum Gasteiger partial charge on any atom is -1.00 e. The number of hydrogen-bond acceptors (Lipinski definition) is 8. The third kappa shape index (κ3) is 6.82. The van der Waals surface area contributed by atoms with Crippen LogP contribution in [-0.4, -0.2) is 59.1 Å². The van der Waals surface area contributed by atoms with Gasteiger partial charge in [-0.3, -0.25) is 10.4 Å². The van der Waals surface area contributed by atoms with Crippen LogP contribution in [0.25, 0.3) is 10.9 Å². The van der Waals surface area contributed by atoms with Gasteiger partial charge in [0.1, 0.15) is 5.82 Å². The number of anilines is 2. The van der Waals surface area contributed by atoms with Crippen molar-refractivity contribution in [2.75, 3.05) is 43.2 Å². The highest BCUT2D eigenvalue weighted by Crippen LogP contribution is 2.21. The van der Waals surface area contributed by atoms with Crippen molar-refractivity contribution in [3.8, 4) is 6.01 Å². The highest BCUT2D eigenvalue weighted by molar-refractivity contribution is 5.99. The fourth-order valence-electron chi connectivity index (χ4n) is 3.65. The SMILES string of the molecule is C(=N\Nc1cc(N2CCOCC2)nc(OCCc2ccccn2)n1)/c1c[nH]c2ccccc12.[Cl-].[Cl-]. The van der Waals surface area contributed by atoms with E-state index in [-0.39, 0.29) is 24.8 Å². The van der Waals surface area contributed by atoms with Gasteiger partial charge in [-0.05, 0) is 18.2 Å². The number of para-hydroxylation sites is 1. The summed E-state index contributed by atoms with van der Waals surface area (Å²) in [6.45, 7) is 3.30. The summed E-state index contributed by atoms with van der Waals surface area (Å²) in [5.74, 6) is 1.35. The fraction of sp³-hybridized carbons (Fsp3) is 0.250. The molecule has 0 saturated carbocycles. The van der Waals surface area contributed by atoms with E-state index < -0.39 is 0 Å². The molecule has 184 valence electrons. The molecule has 1 aliphatic heterocycles. The number of rotatable bonds is 8. The minimum absolute atomic E-state index is 0. The van der Waals surface area contributed by atoms with Gasteiger partial charge < -0.3 is 44.2 Å². The lowest BCUT2D eigenvalue weighted by molar-refractivity contribution is -0.00100. The lowest BCUT2D eigenvalue weighted by Gasteiger charge is -2.28. The molecule has 3 aromatic heterocycles. The van der Waals surface area contributed by atoms with Crippen LogP contribution in [0.3, 0.4) is 0 Å². The van der Waals surface area contributed by atoms with Gasteiger partial charge in [-0.2, -0.15) is 15.1 Å². The summed E-state index contributed by atoms with van der Waals surface area (Å²) in [6.07, 6.45) is 6.16. The minimum atomic E-state index is 0. The molecule has 1 saturated heterocycles. The van der Waals surface area contributed by atoms with Crippen LogP contribution in [0, 0.1) is 0 Å². The van der Waals surface area contributed by atoms with Crippen molar-refractivity contribution in [3.63, 3.8) is 0 Å². The Kier molecular flexibility index (Phi) is 9.66. The molecule has 1 aromatic carbocycles. The van der Waals surface area contributed by atoms with E-state index in [2.05, 4.69) is 41.4 Å². The predicted octanol–water partition coefficient (Wildman–Crippen LogP) is -2.73. The Morgan fingerprint density at radius 1 is 1.09 bits per heavy atom. The number of aromatic amines is 1. The van der Waals surface area contributed by atoms with Crippen LogP contribution in [0.5, 0.6) is 6.01 Å². The van der Waals surface area contributed by atoms with E-state index in [9.17, 15) is 0 Å². The summed E-state index contributed by atoms with van der Waals surface area (Å²) in [4.78, 5) is 18.8. The van der Waals surface area contributed by atoms with Gasteiger partial charge in [-0.1, -0.05) is 24.3 Å². The average molecular weight is 514 g/mol.